The third kappa shape index (κ3) is 1.51. The second kappa shape index (κ2) is 3.75. The van der Waals surface area contributed by atoms with E-state index in [9.17, 15) is 9.59 Å². The Morgan fingerprint density at radius 2 is 1.25 bits per heavy atom. The van der Waals surface area contributed by atoms with Gasteiger partial charge in [-0.05, 0) is 25.7 Å². The van der Waals surface area contributed by atoms with E-state index in [2.05, 4.69) is 0 Å². The van der Waals surface area contributed by atoms with Gasteiger partial charge in [-0.1, -0.05) is 0 Å². The number of hydrogen-bond donors (Lipinski definition) is 0. The second-order valence-electron chi connectivity index (χ2n) is 5.02. The first-order valence-electron chi connectivity index (χ1n) is 6.14. The largest absolute Gasteiger partial charge is 0.461 e. The molecule has 0 spiro atoms. The fourth-order valence-corrected chi connectivity index (χ4v) is 3.26. The van der Waals surface area contributed by atoms with Crippen molar-refractivity contribution in [2.24, 2.45) is 11.8 Å². The van der Waals surface area contributed by atoms with Gasteiger partial charge in [0.25, 0.3) is 0 Å². The molecule has 0 N–H and O–H groups in total. The first-order valence-corrected chi connectivity index (χ1v) is 6.14. The standard InChI is InChI=1S/C12H16O4/c13-9-5-1-3-7-11(15-9)8-4-2-6-10(14)16-12(7)8/h7-8,11-12H,1-6H2. The van der Waals surface area contributed by atoms with Gasteiger partial charge in [-0.25, -0.2) is 0 Å². The molecule has 4 heteroatoms. The van der Waals surface area contributed by atoms with E-state index < -0.39 is 0 Å². The van der Waals surface area contributed by atoms with E-state index in [1.54, 1.807) is 0 Å². The van der Waals surface area contributed by atoms with Gasteiger partial charge in [0.15, 0.2) is 0 Å². The summed E-state index contributed by atoms with van der Waals surface area (Å²) in [6.45, 7) is 0. The first-order chi connectivity index (χ1) is 7.75. The van der Waals surface area contributed by atoms with Gasteiger partial charge in [-0.15, -0.1) is 0 Å². The number of esters is 2. The zero-order valence-corrected chi connectivity index (χ0v) is 9.19. The number of hydrogen-bond acceptors (Lipinski definition) is 4. The number of rotatable bonds is 0. The molecule has 0 aromatic rings. The molecule has 0 atom stereocenters. The molecule has 2 aliphatic heterocycles. The smallest absolute Gasteiger partial charge is 0.306 e. The van der Waals surface area contributed by atoms with E-state index in [1.807, 2.05) is 0 Å². The predicted octanol–water partition coefficient (Wildman–Crippen LogP) is 1.42. The van der Waals surface area contributed by atoms with Crippen LogP contribution in [0.25, 0.3) is 0 Å². The molecule has 1 saturated carbocycles. The highest BCUT2D eigenvalue weighted by Gasteiger charge is 2.55. The van der Waals surface area contributed by atoms with Crippen molar-refractivity contribution in [2.45, 2.75) is 50.7 Å². The Morgan fingerprint density at radius 3 is 1.69 bits per heavy atom. The van der Waals surface area contributed by atoms with Crippen LogP contribution in [0.1, 0.15) is 38.5 Å². The van der Waals surface area contributed by atoms with Crippen molar-refractivity contribution in [1.29, 1.82) is 0 Å². The molecule has 0 bridgehead atoms. The van der Waals surface area contributed by atoms with Crippen LogP contribution in [-0.2, 0) is 19.1 Å². The molecule has 2 saturated heterocycles. The lowest BCUT2D eigenvalue weighted by molar-refractivity contribution is -0.200. The van der Waals surface area contributed by atoms with E-state index in [1.165, 1.54) is 0 Å². The van der Waals surface area contributed by atoms with Gasteiger partial charge in [-0.3, -0.25) is 9.59 Å². The first kappa shape index (κ1) is 10.1. The summed E-state index contributed by atoms with van der Waals surface area (Å²) in [7, 11) is 0. The Kier molecular flexibility index (Phi) is 2.37. The molecule has 0 amide bonds. The maximum absolute atomic E-state index is 11.4. The van der Waals surface area contributed by atoms with Crippen molar-refractivity contribution in [3.05, 3.63) is 0 Å². The Hall–Kier alpha value is -1.06. The highest BCUT2D eigenvalue weighted by Crippen LogP contribution is 2.47. The zero-order valence-electron chi connectivity index (χ0n) is 9.19. The molecule has 3 aliphatic rings. The fourth-order valence-electron chi connectivity index (χ4n) is 3.26. The average molecular weight is 224 g/mol. The van der Waals surface area contributed by atoms with E-state index in [0.717, 1.165) is 25.7 Å². The lowest BCUT2D eigenvalue weighted by Crippen LogP contribution is -2.57. The van der Waals surface area contributed by atoms with E-state index in [0.29, 0.717) is 12.8 Å². The zero-order chi connectivity index (χ0) is 11.1. The monoisotopic (exact) mass is 224 g/mol. The van der Waals surface area contributed by atoms with Gasteiger partial charge in [0.1, 0.15) is 12.2 Å². The summed E-state index contributed by atoms with van der Waals surface area (Å²) in [5, 5.41) is 0. The van der Waals surface area contributed by atoms with Gasteiger partial charge in [0, 0.05) is 24.7 Å². The lowest BCUT2D eigenvalue weighted by atomic mass is 9.65. The van der Waals surface area contributed by atoms with Crippen molar-refractivity contribution < 1.29 is 19.1 Å². The average Bonchev–Trinajstić information content (AvgIpc) is 2.51. The molecular formula is C12H16O4. The Bertz CT molecular complexity index is 285. The van der Waals surface area contributed by atoms with E-state index >= 15 is 0 Å². The predicted molar refractivity (Wildman–Crippen MR) is 54.4 cm³/mol. The summed E-state index contributed by atoms with van der Waals surface area (Å²) in [5.41, 5.74) is 0. The fraction of sp³-hybridized carbons (Fsp3) is 0.833. The minimum atomic E-state index is -0.0819. The summed E-state index contributed by atoms with van der Waals surface area (Å²) in [6, 6.07) is 0. The van der Waals surface area contributed by atoms with Crippen LogP contribution in [0.2, 0.25) is 0 Å². The number of carbonyl (C=O) groups is 2. The van der Waals surface area contributed by atoms with Crippen LogP contribution in [0, 0.1) is 11.8 Å². The minimum absolute atomic E-state index is 0.0194. The maximum Gasteiger partial charge on any atom is 0.306 e. The van der Waals surface area contributed by atoms with Crippen LogP contribution in [0.5, 0.6) is 0 Å². The molecule has 3 rings (SSSR count). The maximum atomic E-state index is 11.4. The van der Waals surface area contributed by atoms with Crippen LogP contribution in [0.4, 0.5) is 0 Å². The summed E-state index contributed by atoms with van der Waals surface area (Å²) >= 11 is 0. The molecule has 0 aromatic carbocycles. The van der Waals surface area contributed by atoms with Crippen molar-refractivity contribution in [3.63, 3.8) is 0 Å². The highest BCUT2D eigenvalue weighted by atomic mass is 16.6. The summed E-state index contributed by atoms with van der Waals surface area (Å²) < 4.78 is 10.9. The van der Waals surface area contributed by atoms with Gasteiger partial charge < -0.3 is 9.47 Å². The molecule has 2 heterocycles. The topological polar surface area (TPSA) is 52.6 Å². The second-order valence-corrected chi connectivity index (χ2v) is 5.02. The van der Waals surface area contributed by atoms with Crippen LogP contribution in [0.15, 0.2) is 0 Å². The number of fused-ring (bicyclic) bond motifs is 4. The van der Waals surface area contributed by atoms with Crippen LogP contribution >= 0.6 is 0 Å². The molecular weight excluding hydrogens is 208 g/mol. The van der Waals surface area contributed by atoms with Gasteiger partial charge in [0.2, 0.25) is 0 Å². The number of ether oxygens (including phenoxy) is 2. The van der Waals surface area contributed by atoms with Crippen LogP contribution in [0.3, 0.4) is 0 Å². The quantitative estimate of drug-likeness (QED) is 0.584. The molecule has 88 valence electrons. The molecule has 1 aliphatic carbocycles. The third-order valence-electron chi connectivity index (χ3n) is 4.06. The van der Waals surface area contributed by atoms with E-state index in [-0.39, 0.29) is 36.0 Å². The summed E-state index contributed by atoms with van der Waals surface area (Å²) in [5.74, 6) is 0.361. The normalized spacial score (nSPS) is 42.8. The highest BCUT2D eigenvalue weighted by molar-refractivity contribution is 5.71. The van der Waals surface area contributed by atoms with Gasteiger partial charge in [-0.2, -0.15) is 0 Å². The summed E-state index contributed by atoms with van der Waals surface area (Å²) in [4.78, 5) is 22.7. The molecule has 0 aromatic heterocycles. The Labute approximate surface area is 94.3 Å². The third-order valence-corrected chi connectivity index (χ3v) is 4.06. The van der Waals surface area contributed by atoms with E-state index in [4.69, 9.17) is 9.47 Å². The molecule has 3 fully saturated rings. The lowest BCUT2D eigenvalue weighted by Gasteiger charge is -2.48. The Morgan fingerprint density at radius 1 is 0.812 bits per heavy atom. The molecule has 0 unspecified atom stereocenters. The molecule has 4 nitrogen and oxygen atoms in total. The molecule has 0 radical (unpaired) electrons. The van der Waals surface area contributed by atoms with Gasteiger partial charge in [0.05, 0.1) is 0 Å². The van der Waals surface area contributed by atoms with Crippen molar-refractivity contribution in [2.75, 3.05) is 0 Å². The van der Waals surface area contributed by atoms with Crippen molar-refractivity contribution in [3.8, 4) is 0 Å². The van der Waals surface area contributed by atoms with Crippen molar-refractivity contribution in [1.82, 2.24) is 0 Å². The van der Waals surface area contributed by atoms with Crippen LogP contribution in [-0.4, -0.2) is 24.1 Å². The number of carbonyl (C=O) groups excluding carboxylic acids is 2. The van der Waals surface area contributed by atoms with Gasteiger partial charge >= 0.3 is 11.9 Å². The minimum Gasteiger partial charge on any atom is -0.461 e. The van der Waals surface area contributed by atoms with Crippen molar-refractivity contribution >= 4 is 11.9 Å². The summed E-state index contributed by atoms with van der Waals surface area (Å²) in [6.07, 6.45) is 4.69. The molecule has 16 heavy (non-hydrogen) atoms. The Balaban J connectivity index is 1.77. The van der Waals surface area contributed by atoms with Crippen LogP contribution < -0.4 is 0 Å². The SMILES string of the molecule is O=C1CCCC2C(O1)C1CCCC(=O)OC21.